The quantitative estimate of drug-likeness (QED) is 0.487. The first kappa shape index (κ1) is 18.5. The summed E-state index contributed by atoms with van der Waals surface area (Å²) in [6.45, 7) is 0. The molecule has 0 spiro atoms. The maximum absolute atomic E-state index is 12.1. The molecule has 1 N–H and O–H groups in total. The number of halogens is 1. The van der Waals surface area contributed by atoms with Crippen LogP contribution in [0.3, 0.4) is 0 Å². The first-order valence-corrected chi connectivity index (χ1v) is 9.91. The normalized spacial score (nSPS) is 18.1. The molecule has 3 aromatic rings. The van der Waals surface area contributed by atoms with Crippen molar-refractivity contribution < 1.29 is 9.21 Å². The second kappa shape index (κ2) is 8.46. The van der Waals surface area contributed by atoms with Gasteiger partial charge in [-0.05, 0) is 48.4 Å². The molecule has 1 aliphatic rings. The van der Waals surface area contributed by atoms with Crippen molar-refractivity contribution in [3.05, 3.63) is 83.1 Å². The van der Waals surface area contributed by atoms with Gasteiger partial charge in [-0.2, -0.15) is 5.10 Å². The summed E-state index contributed by atoms with van der Waals surface area (Å²) in [5.74, 6) is 1.24. The van der Waals surface area contributed by atoms with E-state index in [1.807, 2.05) is 66.7 Å². The molecular formula is C21H16ClN3O2S. The maximum Gasteiger partial charge on any atom is 0.239 e. The van der Waals surface area contributed by atoms with Gasteiger partial charge >= 0.3 is 0 Å². The Balaban J connectivity index is 1.38. The lowest BCUT2D eigenvalue weighted by molar-refractivity contribution is -0.118. The van der Waals surface area contributed by atoms with Crippen molar-refractivity contribution in [3.63, 3.8) is 0 Å². The molecule has 1 atom stereocenters. The zero-order chi connectivity index (χ0) is 19.3. The van der Waals surface area contributed by atoms with Crippen LogP contribution < -0.4 is 5.32 Å². The minimum atomic E-state index is -0.198. The Kier molecular flexibility index (Phi) is 5.60. The first-order chi connectivity index (χ1) is 13.7. The molecule has 140 valence electrons. The van der Waals surface area contributed by atoms with Crippen molar-refractivity contribution in [1.82, 2.24) is 5.32 Å². The van der Waals surface area contributed by atoms with Crippen molar-refractivity contribution in [2.45, 2.75) is 11.7 Å². The highest BCUT2D eigenvalue weighted by molar-refractivity contribution is 8.15. The SMILES string of the molecule is O=C1N/C(=N\N=Cc2ccc(-c3ccc(Cl)cc3)o2)SC1Cc1ccccc1. The fourth-order valence-corrected chi connectivity index (χ4v) is 3.84. The van der Waals surface area contributed by atoms with Crippen LogP contribution in [0.5, 0.6) is 0 Å². The van der Waals surface area contributed by atoms with Crippen molar-refractivity contribution >= 4 is 40.7 Å². The van der Waals surface area contributed by atoms with Gasteiger partial charge in [0, 0.05) is 10.6 Å². The lowest BCUT2D eigenvalue weighted by atomic mass is 10.1. The minimum Gasteiger partial charge on any atom is -0.455 e. The smallest absolute Gasteiger partial charge is 0.239 e. The van der Waals surface area contributed by atoms with Crippen molar-refractivity contribution in [2.75, 3.05) is 0 Å². The molecular weight excluding hydrogens is 394 g/mol. The van der Waals surface area contributed by atoms with Crippen molar-refractivity contribution in [1.29, 1.82) is 0 Å². The zero-order valence-electron chi connectivity index (χ0n) is 14.7. The van der Waals surface area contributed by atoms with Gasteiger partial charge in [-0.1, -0.05) is 53.7 Å². The third-order valence-corrected chi connectivity index (χ3v) is 5.45. The summed E-state index contributed by atoms with van der Waals surface area (Å²) in [7, 11) is 0. The fourth-order valence-electron chi connectivity index (χ4n) is 2.74. The molecule has 0 bridgehead atoms. The summed E-state index contributed by atoms with van der Waals surface area (Å²) in [5.41, 5.74) is 2.04. The number of amidine groups is 1. The monoisotopic (exact) mass is 409 g/mol. The second-order valence-corrected chi connectivity index (χ2v) is 7.77. The maximum atomic E-state index is 12.1. The highest BCUT2D eigenvalue weighted by atomic mass is 35.5. The second-order valence-electron chi connectivity index (χ2n) is 6.14. The molecule has 2 aromatic carbocycles. The van der Waals surface area contributed by atoms with E-state index in [1.165, 1.54) is 18.0 Å². The number of furan rings is 1. The van der Waals surface area contributed by atoms with Crippen LogP contribution >= 0.6 is 23.4 Å². The third kappa shape index (κ3) is 4.52. The van der Waals surface area contributed by atoms with Gasteiger partial charge in [0.1, 0.15) is 11.5 Å². The molecule has 5 nitrogen and oxygen atoms in total. The standard InChI is InChI=1S/C21H16ClN3O2S/c22-16-8-6-15(7-9-16)18-11-10-17(27-18)13-23-25-21-24-20(26)19(28-21)12-14-4-2-1-3-5-14/h1-11,13,19H,12H2,(H,24,25,26). The molecule has 1 aromatic heterocycles. The molecule has 1 saturated heterocycles. The Hall–Kier alpha value is -2.83. The molecule has 1 unspecified atom stereocenters. The molecule has 0 saturated carbocycles. The van der Waals surface area contributed by atoms with E-state index in [0.29, 0.717) is 22.4 Å². The summed E-state index contributed by atoms with van der Waals surface area (Å²) in [6.07, 6.45) is 2.17. The highest BCUT2D eigenvalue weighted by Crippen LogP contribution is 2.24. The molecule has 7 heteroatoms. The van der Waals surface area contributed by atoms with E-state index >= 15 is 0 Å². The van der Waals surface area contributed by atoms with E-state index in [4.69, 9.17) is 16.0 Å². The van der Waals surface area contributed by atoms with E-state index in [2.05, 4.69) is 15.5 Å². The van der Waals surface area contributed by atoms with Crippen LogP contribution in [0.4, 0.5) is 0 Å². The molecule has 1 amide bonds. The summed E-state index contributed by atoms with van der Waals surface area (Å²) >= 11 is 7.29. The van der Waals surface area contributed by atoms with Crippen molar-refractivity contribution in [2.24, 2.45) is 10.2 Å². The Bertz CT molecular complexity index is 1030. The summed E-state index contributed by atoms with van der Waals surface area (Å²) < 4.78 is 5.74. The number of carbonyl (C=O) groups is 1. The summed E-state index contributed by atoms with van der Waals surface area (Å²) in [5, 5.41) is 11.9. The van der Waals surface area contributed by atoms with Gasteiger partial charge in [-0.15, -0.1) is 5.10 Å². The number of hydrogen-bond donors (Lipinski definition) is 1. The van der Waals surface area contributed by atoms with Crippen LogP contribution in [0.1, 0.15) is 11.3 Å². The Morgan fingerprint density at radius 3 is 2.64 bits per heavy atom. The topological polar surface area (TPSA) is 67.0 Å². The van der Waals surface area contributed by atoms with E-state index in [9.17, 15) is 4.79 Å². The summed E-state index contributed by atoms with van der Waals surface area (Å²) in [6, 6.07) is 21.0. The summed E-state index contributed by atoms with van der Waals surface area (Å²) in [4.78, 5) is 12.1. The van der Waals surface area contributed by atoms with Crippen LogP contribution in [0.15, 0.2) is 81.4 Å². The number of thioether (sulfide) groups is 1. The number of hydrogen-bond acceptors (Lipinski definition) is 5. The van der Waals surface area contributed by atoms with E-state index in [0.717, 1.165) is 16.9 Å². The lowest BCUT2D eigenvalue weighted by Gasteiger charge is -2.04. The molecule has 1 aliphatic heterocycles. The molecule has 0 radical (unpaired) electrons. The number of amides is 1. The number of nitrogens with one attached hydrogen (secondary N) is 1. The zero-order valence-corrected chi connectivity index (χ0v) is 16.3. The van der Waals surface area contributed by atoms with Gasteiger partial charge < -0.3 is 9.73 Å². The van der Waals surface area contributed by atoms with E-state index in [-0.39, 0.29) is 11.2 Å². The van der Waals surface area contributed by atoms with Gasteiger partial charge in [0.25, 0.3) is 0 Å². The van der Waals surface area contributed by atoms with Gasteiger partial charge in [0.05, 0.1) is 11.5 Å². The largest absolute Gasteiger partial charge is 0.455 e. The first-order valence-electron chi connectivity index (χ1n) is 8.65. The lowest BCUT2D eigenvalue weighted by Crippen LogP contribution is -2.25. The Labute approximate surface area is 171 Å². The Morgan fingerprint density at radius 1 is 1.07 bits per heavy atom. The van der Waals surface area contributed by atoms with Crippen LogP contribution in [0.25, 0.3) is 11.3 Å². The van der Waals surface area contributed by atoms with Crippen LogP contribution in [-0.4, -0.2) is 22.5 Å². The van der Waals surface area contributed by atoms with E-state index in [1.54, 1.807) is 0 Å². The van der Waals surface area contributed by atoms with Gasteiger partial charge in [0.15, 0.2) is 5.17 Å². The number of benzene rings is 2. The van der Waals surface area contributed by atoms with Crippen LogP contribution in [0.2, 0.25) is 5.02 Å². The molecule has 2 heterocycles. The van der Waals surface area contributed by atoms with Crippen molar-refractivity contribution in [3.8, 4) is 11.3 Å². The molecule has 1 fully saturated rings. The Morgan fingerprint density at radius 2 is 1.86 bits per heavy atom. The van der Waals surface area contributed by atoms with Gasteiger partial charge in [-0.25, -0.2) is 0 Å². The minimum absolute atomic E-state index is 0.0502. The average molecular weight is 410 g/mol. The van der Waals surface area contributed by atoms with Gasteiger partial charge in [-0.3, -0.25) is 4.79 Å². The molecule has 4 rings (SSSR count). The van der Waals surface area contributed by atoms with Crippen LogP contribution in [-0.2, 0) is 11.2 Å². The number of carbonyl (C=O) groups excluding carboxylic acids is 1. The molecule has 28 heavy (non-hydrogen) atoms. The third-order valence-electron chi connectivity index (χ3n) is 4.13. The average Bonchev–Trinajstić information content (AvgIpc) is 3.30. The number of nitrogens with zero attached hydrogens (tertiary/aromatic N) is 2. The van der Waals surface area contributed by atoms with Gasteiger partial charge in [0.2, 0.25) is 5.91 Å². The highest BCUT2D eigenvalue weighted by Gasteiger charge is 2.30. The van der Waals surface area contributed by atoms with E-state index < -0.39 is 0 Å². The fraction of sp³-hybridized carbons (Fsp3) is 0.0952. The van der Waals surface area contributed by atoms with Crippen LogP contribution in [0, 0.1) is 0 Å². The number of rotatable bonds is 5. The predicted octanol–water partition coefficient (Wildman–Crippen LogP) is 4.76. The molecule has 0 aliphatic carbocycles. The predicted molar refractivity (Wildman–Crippen MR) is 114 cm³/mol.